The molecular weight excluding hydrogens is 379 g/mol. The SMILES string of the molecule is COC(=O)C(CC(C)C)NC(=O)C(Cc1ccc(F)cc1)NC(=O)OC(C)(C)C. The molecule has 2 atom stereocenters. The molecule has 0 aromatic heterocycles. The predicted octanol–water partition coefficient (Wildman–Crippen LogP) is 2.97. The van der Waals surface area contributed by atoms with Crippen LogP contribution < -0.4 is 10.6 Å². The van der Waals surface area contributed by atoms with Gasteiger partial charge in [-0.25, -0.2) is 14.0 Å². The lowest BCUT2D eigenvalue weighted by molar-refractivity contribution is -0.145. The third kappa shape index (κ3) is 9.40. The summed E-state index contributed by atoms with van der Waals surface area (Å²) in [6.07, 6.45) is -0.284. The van der Waals surface area contributed by atoms with Crippen molar-refractivity contribution in [2.24, 2.45) is 5.92 Å². The monoisotopic (exact) mass is 410 g/mol. The fourth-order valence-corrected chi connectivity index (χ4v) is 2.62. The van der Waals surface area contributed by atoms with Gasteiger partial charge in [-0.1, -0.05) is 26.0 Å². The molecule has 1 aromatic carbocycles. The average Bonchev–Trinajstić information content (AvgIpc) is 2.59. The summed E-state index contributed by atoms with van der Waals surface area (Å²) in [5, 5.41) is 5.17. The van der Waals surface area contributed by atoms with E-state index < -0.39 is 41.5 Å². The van der Waals surface area contributed by atoms with Crippen molar-refractivity contribution in [3.05, 3.63) is 35.6 Å². The second kappa shape index (κ2) is 10.8. The molecule has 2 amide bonds. The number of esters is 1. The second-order valence-corrected chi connectivity index (χ2v) is 8.24. The Kier molecular flexibility index (Phi) is 9.07. The summed E-state index contributed by atoms with van der Waals surface area (Å²) < 4.78 is 23.2. The number of rotatable bonds is 8. The molecular formula is C21H31FN2O5. The minimum atomic E-state index is -1.02. The van der Waals surface area contributed by atoms with E-state index in [-0.39, 0.29) is 12.3 Å². The maximum absolute atomic E-state index is 13.2. The molecule has 7 nitrogen and oxygen atoms in total. The zero-order valence-electron chi connectivity index (χ0n) is 17.9. The Labute approximate surface area is 171 Å². The highest BCUT2D eigenvalue weighted by atomic mass is 19.1. The van der Waals surface area contributed by atoms with Crippen LogP contribution in [-0.2, 0) is 25.5 Å². The third-order valence-corrected chi connectivity index (χ3v) is 3.87. The first-order chi connectivity index (χ1) is 13.4. The van der Waals surface area contributed by atoms with E-state index in [1.807, 2.05) is 13.8 Å². The van der Waals surface area contributed by atoms with Crippen LogP contribution in [0, 0.1) is 11.7 Å². The zero-order valence-corrected chi connectivity index (χ0v) is 17.9. The highest BCUT2D eigenvalue weighted by Gasteiger charge is 2.29. The Morgan fingerprint density at radius 2 is 1.62 bits per heavy atom. The van der Waals surface area contributed by atoms with Crippen molar-refractivity contribution in [3.63, 3.8) is 0 Å². The molecule has 0 heterocycles. The Morgan fingerprint density at radius 3 is 2.10 bits per heavy atom. The summed E-state index contributed by atoms with van der Waals surface area (Å²) in [7, 11) is 1.25. The average molecular weight is 410 g/mol. The first kappa shape index (κ1) is 24.4. The Morgan fingerprint density at radius 1 is 1.03 bits per heavy atom. The minimum Gasteiger partial charge on any atom is -0.467 e. The largest absolute Gasteiger partial charge is 0.467 e. The molecule has 0 spiro atoms. The number of benzene rings is 1. The second-order valence-electron chi connectivity index (χ2n) is 8.24. The number of amides is 2. The van der Waals surface area contributed by atoms with Crippen LogP contribution in [0.5, 0.6) is 0 Å². The molecule has 0 radical (unpaired) electrons. The van der Waals surface area contributed by atoms with E-state index in [1.54, 1.807) is 20.8 Å². The fourth-order valence-electron chi connectivity index (χ4n) is 2.62. The lowest BCUT2D eigenvalue weighted by atomic mass is 10.0. The van der Waals surface area contributed by atoms with Gasteiger partial charge in [0.1, 0.15) is 23.5 Å². The topological polar surface area (TPSA) is 93.7 Å². The van der Waals surface area contributed by atoms with Crippen molar-refractivity contribution in [1.82, 2.24) is 10.6 Å². The van der Waals surface area contributed by atoms with E-state index in [2.05, 4.69) is 10.6 Å². The number of alkyl carbamates (subject to hydrolysis) is 1. The summed E-state index contributed by atoms with van der Waals surface area (Å²) in [5.41, 5.74) is -0.103. The zero-order chi connectivity index (χ0) is 22.2. The molecule has 8 heteroatoms. The van der Waals surface area contributed by atoms with Gasteiger partial charge in [0.25, 0.3) is 0 Å². The van der Waals surface area contributed by atoms with Crippen molar-refractivity contribution in [1.29, 1.82) is 0 Å². The van der Waals surface area contributed by atoms with Gasteiger partial charge in [-0.3, -0.25) is 4.79 Å². The molecule has 0 aliphatic rings. The molecule has 0 aliphatic heterocycles. The number of methoxy groups -OCH3 is 1. The third-order valence-electron chi connectivity index (χ3n) is 3.87. The number of nitrogens with one attached hydrogen (secondary N) is 2. The van der Waals surface area contributed by atoms with Crippen molar-refractivity contribution in [2.75, 3.05) is 7.11 Å². The molecule has 0 aliphatic carbocycles. The van der Waals surface area contributed by atoms with E-state index in [9.17, 15) is 18.8 Å². The van der Waals surface area contributed by atoms with Gasteiger partial charge in [-0.05, 0) is 50.8 Å². The highest BCUT2D eigenvalue weighted by molar-refractivity contribution is 5.89. The first-order valence-corrected chi connectivity index (χ1v) is 9.53. The van der Waals surface area contributed by atoms with E-state index >= 15 is 0 Å². The fraction of sp³-hybridized carbons (Fsp3) is 0.571. The highest BCUT2D eigenvalue weighted by Crippen LogP contribution is 2.11. The van der Waals surface area contributed by atoms with Crippen molar-refractivity contribution >= 4 is 18.0 Å². The van der Waals surface area contributed by atoms with Crippen molar-refractivity contribution in [2.45, 2.75) is 65.1 Å². The molecule has 1 rings (SSSR count). The van der Waals surface area contributed by atoms with E-state index in [1.165, 1.54) is 31.4 Å². The van der Waals surface area contributed by atoms with Gasteiger partial charge in [0, 0.05) is 6.42 Å². The lowest BCUT2D eigenvalue weighted by Gasteiger charge is -2.25. The lowest BCUT2D eigenvalue weighted by Crippen LogP contribution is -2.53. The van der Waals surface area contributed by atoms with Crippen molar-refractivity contribution < 1.29 is 28.2 Å². The minimum absolute atomic E-state index is 0.0981. The smallest absolute Gasteiger partial charge is 0.408 e. The van der Waals surface area contributed by atoms with Gasteiger partial charge in [0.2, 0.25) is 5.91 Å². The van der Waals surface area contributed by atoms with Crippen LogP contribution in [0.25, 0.3) is 0 Å². The van der Waals surface area contributed by atoms with Crippen LogP contribution in [-0.4, -0.2) is 42.8 Å². The molecule has 0 fully saturated rings. The molecule has 162 valence electrons. The Hall–Kier alpha value is -2.64. The number of hydrogen-bond acceptors (Lipinski definition) is 5. The predicted molar refractivity (Wildman–Crippen MR) is 107 cm³/mol. The summed E-state index contributed by atoms with van der Waals surface area (Å²) >= 11 is 0. The normalized spacial score (nSPS) is 13.4. The first-order valence-electron chi connectivity index (χ1n) is 9.53. The van der Waals surface area contributed by atoms with Crippen molar-refractivity contribution in [3.8, 4) is 0 Å². The molecule has 0 saturated heterocycles. The molecule has 0 bridgehead atoms. The molecule has 0 saturated carbocycles. The van der Waals surface area contributed by atoms with Gasteiger partial charge in [0.05, 0.1) is 7.11 Å². The van der Waals surface area contributed by atoms with E-state index in [4.69, 9.17) is 9.47 Å². The van der Waals surface area contributed by atoms with Gasteiger partial charge in [0.15, 0.2) is 0 Å². The van der Waals surface area contributed by atoms with Gasteiger partial charge >= 0.3 is 12.1 Å². The summed E-state index contributed by atoms with van der Waals surface area (Å²) in [5.74, 6) is -1.40. The van der Waals surface area contributed by atoms with E-state index in [0.717, 1.165) is 0 Å². The maximum atomic E-state index is 13.2. The number of carbonyl (C=O) groups excluding carboxylic acids is 3. The molecule has 1 aromatic rings. The summed E-state index contributed by atoms with van der Waals surface area (Å²) in [6, 6.07) is 3.73. The van der Waals surface area contributed by atoms with Crippen LogP contribution in [0.1, 0.15) is 46.6 Å². The molecule has 2 N–H and O–H groups in total. The Balaban J connectivity index is 3.00. The summed E-state index contributed by atoms with van der Waals surface area (Å²) in [6.45, 7) is 8.95. The Bertz CT molecular complexity index is 698. The van der Waals surface area contributed by atoms with Gasteiger partial charge < -0.3 is 20.1 Å². The van der Waals surface area contributed by atoms with Crippen LogP contribution in [0.3, 0.4) is 0 Å². The van der Waals surface area contributed by atoms with Gasteiger partial charge in [-0.2, -0.15) is 0 Å². The van der Waals surface area contributed by atoms with Crippen LogP contribution in [0.4, 0.5) is 9.18 Å². The van der Waals surface area contributed by atoms with Gasteiger partial charge in [-0.15, -0.1) is 0 Å². The number of hydrogen-bond donors (Lipinski definition) is 2. The molecule has 2 unspecified atom stereocenters. The summed E-state index contributed by atoms with van der Waals surface area (Å²) in [4.78, 5) is 37.1. The number of carbonyl (C=O) groups is 3. The van der Waals surface area contributed by atoms with E-state index in [0.29, 0.717) is 12.0 Å². The van der Waals surface area contributed by atoms with Crippen LogP contribution >= 0.6 is 0 Å². The maximum Gasteiger partial charge on any atom is 0.408 e. The quantitative estimate of drug-likeness (QED) is 0.643. The standard InChI is InChI=1S/C21H31FN2O5/c1-13(2)11-17(19(26)28-6)23-18(25)16(24-20(27)29-21(3,4)5)12-14-7-9-15(22)10-8-14/h7-10,13,16-17H,11-12H2,1-6H3,(H,23,25)(H,24,27). The molecule has 29 heavy (non-hydrogen) atoms. The number of halogens is 1. The van der Waals surface area contributed by atoms with Crippen LogP contribution in [0.2, 0.25) is 0 Å². The number of ether oxygens (including phenoxy) is 2. The van der Waals surface area contributed by atoms with Crippen LogP contribution in [0.15, 0.2) is 24.3 Å².